The monoisotopic (exact) mass is 306 g/mol. The maximum Gasteiger partial charge on any atom is 0.194 e. The highest BCUT2D eigenvalue weighted by molar-refractivity contribution is 6.83. The summed E-state index contributed by atoms with van der Waals surface area (Å²) in [6.45, 7) is 3.73. The quantitative estimate of drug-likeness (QED) is 0.636. The first-order valence-corrected chi connectivity index (χ1v) is 6.57. The van der Waals surface area contributed by atoms with Crippen LogP contribution < -0.4 is 5.43 Å². The van der Waals surface area contributed by atoms with E-state index >= 15 is 0 Å². The first-order chi connectivity index (χ1) is 8.45. The molecule has 0 unspecified atom stereocenters. The van der Waals surface area contributed by atoms with Crippen LogP contribution in [0.3, 0.4) is 0 Å². The summed E-state index contributed by atoms with van der Waals surface area (Å²) in [5.41, 5.74) is 4.10. The molecule has 0 bridgehead atoms. The Hall–Kier alpha value is -0.770. The minimum atomic E-state index is -0.200. The fraction of sp³-hybridized carbons (Fsp3) is 0.333. The van der Waals surface area contributed by atoms with Crippen LogP contribution in [0.1, 0.15) is 25.3 Å². The summed E-state index contributed by atoms with van der Waals surface area (Å²) in [6.07, 6.45) is 1.10. The molecule has 1 N–H and O–H groups in total. The lowest BCUT2D eigenvalue weighted by Crippen LogP contribution is -2.09. The zero-order chi connectivity index (χ0) is 13.7. The van der Waals surface area contributed by atoms with Crippen LogP contribution in [0.4, 0.5) is 5.69 Å². The van der Waals surface area contributed by atoms with E-state index in [-0.39, 0.29) is 11.0 Å². The molecular formula is C12H13Cl3N2O. The van der Waals surface area contributed by atoms with Crippen LogP contribution in [-0.4, -0.2) is 11.0 Å². The highest BCUT2D eigenvalue weighted by Gasteiger charge is 2.09. The highest BCUT2D eigenvalue weighted by atomic mass is 35.5. The van der Waals surface area contributed by atoms with E-state index in [1.807, 2.05) is 13.8 Å². The third-order valence-corrected chi connectivity index (χ3v) is 3.04. The molecule has 0 aliphatic carbocycles. The number of nitrogens with zero attached hydrogens (tertiary/aromatic N) is 1. The van der Waals surface area contributed by atoms with Crippen LogP contribution in [0, 0.1) is 6.92 Å². The van der Waals surface area contributed by atoms with Crippen molar-refractivity contribution in [3.05, 3.63) is 27.7 Å². The lowest BCUT2D eigenvalue weighted by molar-refractivity contribution is -0.112. The van der Waals surface area contributed by atoms with Gasteiger partial charge in [0.15, 0.2) is 11.0 Å². The Bertz CT molecular complexity index is 463. The van der Waals surface area contributed by atoms with Gasteiger partial charge in [-0.2, -0.15) is 5.10 Å². The van der Waals surface area contributed by atoms with Crippen molar-refractivity contribution in [2.75, 3.05) is 5.43 Å². The van der Waals surface area contributed by atoms with Crippen molar-refractivity contribution in [2.45, 2.75) is 26.7 Å². The Morgan fingerprint density at radius 3 is 2.61 bits per heavy atom. The van der Waals surface area contributed by atoms with Gasteiger partial charge in [-0.15, -0.1) is 0 Å². The average Bonchev–Trinajstić information content (AvgIpc) is 2.27. The van der Waals surface area contributed by atoms with Gasteiger partial charge in [0.05, 0.1) is 10.7 Å². The number of nitrogens with one attached hydrogen (secondary N) is 1. The van der Waals surface area contributed by atoms with E-state index in [1.165, 1.54) is 0 Å². The predicted molar refractivity (Wildman–Crippen MR) is 78.0 cm³/mol. The van der Waals surface area contributed by atoms with E-state index in [4.69, 9.17) is 34.8 Å². The lowest BCUT2D eigenvalue weighted by atomic mass is 10.2. The first-order valence-electron chi connectivity index (χ1n) is 5.43. The van der Waals surface area contributed by atoms with E-state index in [0.29, 0.717) is 22.2 Å². The molecule has 0 heterocycles. The third kappa shape index (κ3) is 4.16. The second kappa shape index (κ2) is 6.98. The maximum absolute atomic E-state index is 11.4. The summed E-state index contributed by atoms with van der Waals surface area (Å²) in [4.78, 5) is 11.4. The van der Waals surface area contributed by atoms with Gasteiger partial charge < -0.3 is 0 Å². The molecule has 98 valence electrons. The highest BCUT2D eigenvalue weighted by Crippen LogP contribution is 2.29. The Balaban J connectivity index is 2.86. The zero-order valence-corrected chi connectivity index (χ0v) is 12.3. The smallest absolute Gasteiger partial charge is 0.194 e. The molecule has 0 amide bonds. The molecule has 1 aromatic carbocycles. The molecule has 1 rings (SSSR count). The van der Waals surface area contributed by atoms with Crippen molar-refractivity contribution in [1.82, 2.24) is 0 Å². The standard InChI is InChI=1S/C12H13Cl3N2O/c1-3-4-10(18)12(15)17-16-11-7(2)5-8(13)6-9(11)14/h5-6,16H,3-4H2,1-2H3. The molecule has 6 heteroatoms. The van der Waals surface area contributed by atoms with E-state index in [1.54, 1.807) is 12.1 Å². The van der Waals surface area contributed by atoms with Crippen molar-refractivity contribution in [2.24, 2.45) is 5.10 Å². The Labute approximate surface area is 121 Å². The third-order valence-electron chi connectivity index (χ3n) is 2.23. The molecule has 3 nitrogen and oxygen atoms in total. The number of carbonyl (C=O) groups is 1. The first kappa shape index (κ1) is 15.3. The van der Waals surface area contributed by atoms with Gasteiger partial charge in [0.1, 0.15) is 0 Å². The van der Waals surface area contributed by atoms with Crippen molar-refractivity contribution >= 4 is 51.4 Å². The largest absolute Gasteiger partial charge is 0.291 e. The maximum atomic E-state index is 11.4. The second-order valence-corrected chi connectivity index (χ2v) is 4.97. The van der Waals surface area contributed by atoms with Gasteiger partial charge in [0.2, 0.25) is 0 Å². The van der Waals surface area contributed by atoms with Gasteiger partial charge in [0, 0.05) is 11.4 Å². The van der Waals surface area contributed by atoms with Gasteiger partial charge >= 0.3 is 0 Å². The van der Waals surface area contributed by atoms with Crippen LogP contribution in [0.15, 0.2) is 17.2 Å². The predicted octanol–water partition coefficient (Wildman–Crippen LogP) is 4.64. The lowest BCUT2D eigenvalue weighted by Gasteiger charge is -2.08. The van der Waals surface area contributed by atoms with Crippen molar-refractivity contribution in [3.63, 3.8) is 0 Å². The van der Waals surface area contributed by atoms with Gasteiger partial charge in [-0.05, 0) is 31.0 Å². The molecule has 0 fully saturated rings. The molecular weight excluding hydrogens is 295 g/mol. The Kier molecular flexibility index (Phi) is 5.93. The van der Waals surface area contributed by atoms with Gasteiger partial charge in [0.25, 0.3) is 0 Å². The Morgan fingerprint density at radius 2 is 2.06 bits per heavy atom. The van der Waals surface area contributed by atoms with E-state index in [2.05, 4.69) is 10.5 Å². The minimum absolute atomic E-state index is 0.0812. The molecule has 1 aromatic rings. The van der Waals surface area contributed by atoms with Crippen molar-refractivity contribution in [3.8, 4) is 0 Å². The van der Waals surface area contributed by atoms with Crippen LogP contribution in [0.2, 0.25) is 10.0 Å². The number of rotatable bonds is 5. The van der Waals surface area contributed by atoms with Crippen LogP contribution in [0.25, 0.3) is 0 Å². The fourth-order valence-corrected chi connectivity index (χ4v) is 2.12. The van der Waals surface area contributed by atoms with Crippen molar-refractivity contribution < 1.29 is 4.79 Å². The number of carbonyl (C=O) groups excluding carboxylic acids is 1. The van der Waals surface area contributed by atoms with Gasteiger partial charge in [-0.1, -0.05) is 41.7 Å². The molecule has 0 saturated carbocycles. The van der Waals surface area contributed by atoms with E-state index < -0.39 is 0 Å². The normalized spacial score (nSPS) is 11.5. The Morgan fingerprint density at radius 1 is 1.39 bits per heavy atom. The molecule has 0 aromatic heterocycles. The van der Waals surface area contributed by atoms with E-state index in [0.717, 1.165) is 12.0 Å². The minimum Gasteiger partial charge on any atom is -0.291 e. The zero-order valence-electron chi connectivity index (χ0n) is 10.1. The van der Waals surface area contributed by atoms with E-state index in [9.17, 15) is 4.79 Å². The molecule has 0 aliphatic heterocycles. The summed E-state index contributed by atoms with van der Waals surface area (Å²) in [5, 5.41) is 4.71. The molecule has 0 aliphatic rings. The summed E-state index contributed by atoms with van der Waals surface area (Å²) < 4.78 is 0. The molecule has 0 spiro atoms. The summed E-state index contributed by atoms with van der Waals surface area (Å²) in [5.74, 6) is -0.200. The number of halogens is 3. The van der Waals surface area contributed by atoms with Crippen LogP contribution in [-0.2, 0) is 4.79 Å². The van der Waals surface area contributed by atoms with Crippen LogP contribution in [0.5, 0.6) is 0 Å². The summed E-state index contributed by atoms with van der Waals surface area (Å²) >= 11 is 17.6. The number of hydrogen-bond donors (Lipinski definition) is 1. The average molecular weight is 308 g/mol. The number of Topliss-reactive ketones (excluding diaryl/α,β-unsaturated/α-hetero) is 1. The molecule has 18 heavy (non-hydrogen) atoms. The number of ketones is 1. The van der Waals surface area contributed by atoms with Crippen LogP contribution >= 0.6 is 34.8 Å². The number of aryl methyl sites for hydroxylation is 1. The van der Waals surface area contributed by atoms with Gasteiger partial charge in [-0.25, -0.2) is 0 Å². The number of hydrogen-bond acceptors (Lipinski definition) is 3. The number of hydrazone groups is 1. The topological polar surface area (TPSA) is 41.5 Å². The second-order valence-electron chi connectivity index (χ2n) is 3.77. The van der Waals surface area contributed by atoms with Crippen molar-refractivity contribution in [1.29, 1.82) is 0 Å². The summed E-state index contributed by atoms with van der Waals surface area (Å²) in [7, 11) is 0. The molecule has 0 saturated heterocycles. The molecule has 0 atom stereocenters. The number of anilines is 1. The van der Waals surface area contributed by atoms with Gasteiger partial charge in [-0.3, -0.25) is 10.2 Å². The SMILES string of the molecule is CCCC(=O)C(Cl)=NNc1c(C)cc(Cl)cc1Cl. The number of benzene rings is 1. The molecule has 0 radical (unpaired) electrons. The fourth-order valence-electron chi connectivity index (χ4n) is 1.34. The summed E-state index contributed by atoms with van der Waals surface area (Å²) in [6, 6.07) is 3.34.